The molecule has 2 aromatic carbocycles. The van der Waals surface area contributed by atoms with Crippen molar-refractivity contribution in [2.75, 3.05) is 0 Å². The third-order valence-electron chi connectivity index (χ3n) is 3.07. The van der Waals surface area contributed by atoms with Crippen molar-refractivity contribution >= 4 is 43.8 Å². The number of carbonyl (C=O) groups excluding carboxylic acids is 2. The lowest BCUT2D eigenvalue weighted by molar-refractivity contribution is -0.122. The first-order valence-corrected chi connectivity index (χ1v) is 9.67. The molecule has 3 N–H and O–H groups in total. The highest BCUT2D eigenvalue weighted by Crippen LogP contribution is 2.15. The Balaban J connectivity index is 2.17. The minimum absolute atomic E-state index is 0.0275. The van der Waals surface area contributed by atoms with Gasteiger partial charge in [0.15, 0.2) is 0 Å². The highest BCUT2D eigenvalue weighted by atomic mass is 79.9. The van der Waals surface area contributed by atoms with Gasteiger partial charge in [0.2, 0.25) is 5.91 Å². The van der Waals surface area contributed by atoms with Crippen molar-refractivity contribution in [3.05, 3.63) is 70.3 Å². The summed E-state index contributed by atoms with van der Waals surface area (Å²) < 4.78 is 25.1. The Kier molecular flexibility index (Phi) is 6.67. The SMILES string of the molecule is CC(=O)N/C(=C/c1ccccc1)C(=O)NNS(=O)(=O)c1cccc(Br)c1. The van der Waals surface area contributed by atoms with Crippen molar-refractivity contribution in [3.63, 3.8) is 0 Å². The second-order valence-electron chi connectivity index (χ2n) is 5.17. The average molecular weight is 438 g/mol. The number of hydrazine groups is 1. The van der Waals surface area contributed by atoms with Crippen LogP contribution in [0.25, 0.3) is 6.08 Å². The molecule has 0 heterocycles. The Morgan fingerprint density at radius 2 is 1.73 bits per heavy atom. The number of hydrogen-bond donors (Lipinski definition) is 3. The molecule has 0 unspecified atom stereocenters. The topological polar surface area (TPSA) is 104 Å². The van der Waals surface area contributed by atoms with E-state index in [2.05, 4.69) is 26.7 Å². The van der Waals surface area contributed by atoms with Gasteiger partial charge in [-0.15, -0.1) is 4.83 Å². The molecule has 0 aliphatic heterocycles. The molecule has 0 aliphatic rings. The van der Waals surface area contributed by atoms with E-state index in [-0.39, 0.29) is 10.6 Å². The van der Waals surface area contributed by atoms with Crippen molar-refractivity contribution in [2.24, 2.45) is 0 Å². The van der Waals surface area contributed by atoms with Gasteiger partial charge in [-0.2, -0.15) is 0 Å². The van der Waals surface area contributed by atoms with E-state index in [0.717, 1.165) is 0 Å². The average Bonchev–Trinajstić information content (AvgIpc) is 2.60. The van der Waals surface area contributed by atoms with Crippen LogP contribution in [0.2, 0.25) is 0 Å². The smallest absolute Gasteiger partial charge is 0.282 e. The third-order valence-corrected chi connectivity index (χ3v) is 4.81. The normalized spacial score (nSPS) is 11.7. The van der Waals surface area contributed by atoms with Crippen molar-refractivity contribution in [3.8, 4) is 0 Å². The largest absolute Gasteiger partial charge is 0.322 e. The molecule has 0 bridgehead atoms. The molecule has 7 nitrogen and oxygen atoms in total. The Morgan fingerprint density at radius 3 is 2.35 bits per heavy atom. The number of rotatable bonds is 6. The third kappa shape index (κ3) is 5.80. The van der Waals surface area contributed by atoms with Gasteiger partial charge >= 0.3 is 0 Å². The van der Waals surface area contributed by atoms with Crippen LogP contribution in [-0.2, 0) is 19.6 Å². The van der Waals surface area contributed by atoms with Gasteiger partial charge in [0.05, 0.1) is 4.90 Å². The quantitative estimate of drug-likeness (QED) is 0.474. The maximum atomic E-state index is 12.3. The molecule has 0 saturated carbocycles. The molecular formula is C17H16BrN3O4S. The van der Waals surface area contributed by atoms with Crippen LogP contribution in [-0.4, -0.2) is 20.2 Å². The van der Waals surface area contributed by atoms with Crippen LogP contribution in [0.15, 0.2) is 69.7 Å². The summed E-state index contributed by atoms with van der Waals surface area (Å²) in [5.74, 6) is -1.26. The molecule has 0 aromatic heterocycles. The molecule has 0 aliphatic carbocycles. The fourth-order valence-corrected chi connectivity index (χ4v) is 3.37. The molecular weight excluding hydrogens is 422 g/mol. The summed E-state index contributed by atoms with van der Waals surface area (Å²) in [6, 6.07) is 14.8. The zero-order valence-corrected chi connectivity index (χ0v) is 16.1. The van der Waals surface area contributed by atoms with E-state index in [1.807, 2.05) is 10.9 Å². The Bertz CT molecular complexity index is 943. The van der Waals surface area contributed by atoms with E-state index in [1.54, 1.807) is 36.4 Å². The van der Waals surface area contributed by atoms with Crippen molar-refractivity contribution in [1.82, 2.24) is 15.6 Å². The fraction of sp³-hybridized carbons (Fsp3) is 0.0588. The highest BCUT2D eigenvalue weighted by Gasteiger charge is 2.17. The maximum absolute atomic E-state index is 12.3. The molecule has 2 aromatic rings. The van der Waals surface area contributed by atoms with Crippen LogP contribution in [0, 0.1) is 0 Å². The van der Waals surface area contributed by atoms with E-state index in [9.17, 15) is 18.0 Å². The van der Waals surface area contributed by atoms with Crippen LogP contribution >= 0.6 is 15.9 Å². The number of nitrogens with one attached hydrogen (secondary N) is 3. The molecule has 136 valence electrons. The zero-order valence-electron chi connectivity index (χ0n) is 13.7. The first-order chi connectivity index (χ1) is 12.3. The number of hydrogen-bond acceptors (Lipinski definition) is 4. The lowest BCUT2D eigenvalue weighted by Crippen LogP contribution is -2.44. The highest BCUT2D eigenvalue weighted by molar-refractivity contribution is 9.10. The minimum Gasteiger partial charge on any atom is -0.322 e. The summed E-state index contributed by atoms with van der Waals surface area (Å²) in [5, 5.41) is 2.38. The van der Waals surface area contributed by atoms with Crippen molar-refractivity contribution in [2.45, 2.75) is 11.8 Å². The van der Waals surface area contributed by atoms with Crippen LogP contribution < -0.4 is 15.6 Å². The molecule has 0 fully saturated rings. The van der Waals surface area contributed by atoms with Crippen molar-refractivity contribution < 1.29 is 18.0 Å². The van der Waals surface area contributed by atoms with Crippen LogP contribution in [0.4, 0.5) is 0 Å². The standard InChI is InChI=1S/C17H16BrN3O4S/c1-12(22)19-16(10-13-6-3-2-4-7-13)17(23)20-21-26(24,25)15-9-5-8-14(18)11-15/h2-11,21H,1H3,(H,19,22)(H,20,23)/b16-10+. The number of halogens is 1. The van der Waals surface area contributed by atoms with Gasteiger partial charge in [-0.1, -0.05) is 52.3 Å². The zero-order chi connectivity index (χ0) is 19.2. The summed E-state index contributed by atoms with van der Waals surface area (Å²) in [5.41, 5.74) is 2.66. The molecule has 0 spiro atoms. The molecule has 2 amide bonds. The summed E-state index contributed by atoms with van der Waals surface area (Å²) in [6.45, 7) is 1.25. The number of sulfonamides is 1. The van der Waals surface area contributed by atoms with Crippen molar-refractivity contribution in [1.29, 1.82) is 0 Å². The molecule has 9 heteroatoms. The summed E-state index contributed by atoms with van der Waals surface area (Å²) in [6.07, 6.45) is 1.43. The lowest BCUT2D eigenvalue weighted by Gasteiger charge is -2.11. The summed E-state index contributed by atoms with van der Waals surface area (Å²) in [7, 11) is -3.96. The van der Waals surface area contributed by atoms with Crippen LogP contribution in [0.3, 0.4) is 0 Å². The van der Waals surface area contributed by atoms with Gasteiger partial charge in [-0.25, -0.2) is 8.42 Å². The van der Waals surface area contributed by atoms with E-state index in [0.29, 0.717) is 10.0 Å². The van der Waals surface area contributed by atoms with Gasteiger partial charge in [-0.05, 0) is 29.8 Å². The van der Waals surface area contributed by atoms with Gasteiger partial charge in [0, 0.05) is 11.4 Å². The van der Waals surface area contributed by atoms with Gasteiger partial charge < -0.3 is 5.32 Å². The molecule has 0 radical (unpaired) electrons. The van der Waals surface area contributed by atoms with E-state index >= 15 is 0 Å². The summed E-state index contributed by atoms with van der Waals surface area (Å²) in [4.78, 5) is 25.6. The van der Waals surface area contributed by atoms with E-state index in [1.165, 1.54) is 25.1 Å². The van der Waals surface area contributed by atoms with Gasteiger partial charge in [0.25, 0.3) is 15.9 Å². The predicted molar refractivity (Wildman–Crippen MR) is 101 cm³/mol. The predicted octanol–water partition coefficient (Wildman–Crippen LogP) is 1.94. The number of benzene rings is 2. The number of carbonyl (C=O) groups is 2. The Hall–Kier alpha value is -2.49. The first-order valence-electron chi connectivity index (χ1n) is 7.40. The van der Waals surface area contributed by atoms with Gasteiger partial charge in [0.1, 0.15) is 5.70 Å². The maximum Gasteiger partial charge on any atom is 0.282 e. The Labute approximate surface area is 159 Å². The molecule has 26 heavy (non-hydrogen) atoms. The minimum atomic E-state index is -3.96. The molecule has 2 rings (SSSR count). The first kappa shape index (κ1) is 19.8. The second-order valence-corrected chi connectivity index (χ2v) is 7.76. The van der Waals surface area contributed by atoms with E-state index < -0.39 is 21.8 Å². The lowest BCUT2D eigenvalue weighted by atomic mass is 10.2. The van der Waals surface area contributed by atoms with E-state index in [4.69, 9.17) is 0 Å². The molecule has 0 saturated heterocycles. The number of amides is 2. The summed E-state index contributed by atoms with van der Waals surface area (Å²) >= 11 is 3.19. The fourth-order valence-electron chi connectivity index (χ4n) is 1.94. The van der Waals surface area contributed by atoms with Gasteiger partial charge in [-0.3, -0.25) is 15.0 Å². The van der Waals surface area contributed by atoms with Crippen LogP contribution in [0.5, 0.6) is 0 Å². The van der Waals surface area contributed by atoms with Crippen LogP contribution in [0.1, 0.15) is 12.5 Å². The Morgan fingerprint density at radius 1 is 1.04 bits per heavy atom. The monoisotopic (exact) mass is 437 g/mol. The molecule has 0 atom stereocenters. The second kappa shape index (κ2) is 8.75.